The fraction of sp³-hybridized carbons (Fsp3) is 0.596. The largest absolute Gasteiger partial charge is 0.461 e. The molecule has 3 saturated heterocycles. The number of allylic oxidation sites excluding steroid dienone is 3. The van der Waals surface area contributed by atoms with Gasteiger partial charge in [0.1, 0.15) is 73.0 Å². The molecule has 6 rings (SSSR count). The molecule has 0 saturated carbocycles. The lowest BCUT2D eigenvalue weighted by Gasteiger charge is -2.32. The van der Waals surface area contributed by atoms with Crippen LogP contribution < -0.4 is 0 Å². The molecule has 21 heteroatoms. The van der Waals surface area contributed by atoms with E-state index in [0.717, 1.165) is 38.5 Å². The Hall–Kier alpha value is -7.05. The van der Waals surface area contributed by atoms with Crippen molar-refractivity contribution in [2.45, 2.75) is 95.4 Å². The minimum atomic E-state index is -1.22. The van der Waals surface area contributed by atoms with Crippen LogP contribution in [0.15, 0.2) is 67.2 Å². The molecule has 3 N–H and O–H groups in total. The van der Waals surface area contributed by atoms with Gasteiger partial charge in [0.25, 0.3) is 0 Å². The number of nitrogens with zero attached hydrogens (tertiary/aromatic N) is 9. The van der Waals surface area contributed by atoms with Crippen LogP contribution in [0.25, 0.3) is 0 Å². The summed E-state index contributed by atoms with van der Waals surface area (Å²) in [6.45, 7) is 1.00. The highest BCUT2D eigenvalue weighted by atomic mass is 16.6. The third-order valence-corrected chi connectivity index (χ3v) is 13.7. The van der Waals surface area contributed by atoms with Crippen LogP contribution in [0.4, 0.5) is 0 Å². The quantitative estimate of drug-likeness (QED) is 0.0644. The number of carbonyl (C=O) groups excluding carboxylic acids is 3. The van der Waals surface area contributed by atoms with Crippen molar-refractivity contribution in [3.05, 3.63) is 67.2 Å². The standard InChI is InChI=1S/C52H61N9O12/c53-25-41-38(19-35(68-16-13-62)22-47(41)59-7-1-2-8-59)44(28-56)50(65)71-31-34(32-72-51(66)45(29-57)39-20-36(69-17-14-63)23-48(42(39)26-54)60-9-3-4-10-60)33-73-52(67)46(30-58)40-21-37(70-18-15-64)24-49(43(40)27-55)61-11-5-6-12-61/h34-37,62-64H,1-24,31-33H2/b44-38+,45-39+,46-40+. The Labute approximate surface area is 424 Å². The van der Waals surface area contributed by atoms with E-state index >= 15 is 0 Å². The van der Waals surface area contributed by atoms with Gasteiger partial charge in [-0.1, -0.05) is 0 Å². The summed E-state index contributed by atoms with van der Waals surface area (Å²) in [5.74, 6) is -4.68. The van der Waals surface area contributed by atoms with Crippen molar-refractivity contribution in [2.24, 2.45) is 5.92 Å². The maximum Gasteiger partial charge on any atom is 0.349 e. The van der Waals surface area contributed by atoms with Gasteiger partial charge >= 0.3 is 17.9 Å². The van der Waals surface area contributed by atoms with Crippen molar-refractivity contribution in [3.8, 4) is 36.4 Å². The molecule has 21 nitrogen and oxygen atoms in total. The van der Waals surface area contributed by atoms with E-state index < -0.39 is 78.7 Å². The van der Waals surface area contributed by atoms with E-state index in [-0.39, 0.29) is 92.3 Å². The van der Waals surface area contributed by atoms with E-state index in [1.54, 1.807) is 0 Å². The molecule has 3 aliphatic heterocycles. The lowest BCUT2D eigenvalue weighted by molar-refractivity contribution is -0.148. The number of hydrogen-bond acceptors (Lipinski definition) is 21. The fourth-order valence-electron chi connectivity index (χ4n) is 10.2. The van der Waals surface area contributed by atoms with Crippen molar-refractivity contribution in [1.82, 2.24) is 14.7 Å². The van der Waals surface area contributed by atoms with Crippen LogP contribution in [0.5, 0.6) is 0 Å². The molecule has 0 aromatic rings. The van der Waals surface area contributed by atoms with Crippen molar-refractivity contribution < 1.29 is 58.1 Å². The van der Waals surface area contributed by atoms with Crippen LogP contribution in [-0.2, 0) is 42.8 Å². The van der Waals surface area contributed by atoms with E-state index in [2.05, 4.69) is 18.2 Å². The second kappa shape index (κ2) is 27.7. The van der Waals surface area contributed by atoms with Crippen molar-refractivity contribution in [3.63, 3.8) is 0 Å². The van der Waals surface area contributed by atoms with E-state index in [0.29, 0.717) is 75.6 Å². The van der Waals surface area contributed by atoms with Gasteiger partial charge < -0.3 is 58.4 Å². The summed E-state index contributed by atoms with van der Waals surface area (Å²) in [4.78, 5) is 48.1. The van der Waals surface area contributed by atoms with Crippen LogP contribution >= 0.6 is 0 Å². The highest BCUT2D eigenvalue weighted by Crippen LogP contribution is 2.40. The molecule has 0 amide bonds. The minimum absolute atomic E-state index is 0.0233. The first-order valence-electron chi connectivity index (χ1n) is 24.8. The van der Waals surface area contributed by atoms with Crippen LogP contribution in [0.1, 0.15) is 77.0 Å². The van der Waals surface area contributed by atoms with Crippen molar-refractivity contribution >= 4 is 17.9 Å². The average molecular weight is 1000 g/mol. The lowest BCUT2D eigenvalue weighted by atomic mass is 9.86. The molecule has 3 heterocycles. The summed E-state index contributed by atoms with van der Waals surface area (Å²) in [6, 6.07) is 12.2. The summed E-state index contributed by atoms with van der Waals surface area (Å²) in [7, 11) is 0. The predicted octanol–water partition coefficient (Wildman–Crippen LogP) is 2.83. The topological polar surface area (TPSA) is 320 Å². The minimum Gasteiger partial charge on any atom is -0.461 e. The third kappa shape index (κ3) is 13.7. The highest BCUT2D eigenvalue weighted by Gasteiger charge is 2.38. The molecule has 3 unspecified atom stereocenters. The molecule has 386 valence electrons. The van der Waals surface area contributed by atoms with Gasteiger partial charge in [-0.15, -0.1) is 0 Å². The molecule has 0 radical (unpaired) electrons. The zero-order chi connectivity index (χ0) is 52.3. The third-order valence-electron chi connectivity index (χ3n) is 13.7. The molecule has 3 fully saturated rings. The predicted molar refractivity (Wildman–Crippen MR) is 253 cm³/mol. The normalized spacial score (nSPS) is 23.6. The van der Waals surface area contributed by atoms with Gasteiger partial charge in [0.15, 0.2) is 0 Å². The molecule has 0 aromatic heterocycles. The average Bonchev–Trinajstić information content (AvgIpc) is 4.25. The van der Waals surface area contributed by atoms with E-state index in [1.165, 1.54) is 0 Å². The van der Waals surface area contributed by atoms with Gasteiger partial charge in [0.2, 0.25) is 0 Å². The Morgan fingerprint density at radius 2 is 0.712 bits per heavy atom. The summed E-state index contributed by atoms with van der Waals surface area (Å²) in [6.07, 6.45) is 4.33. The summed E-state index contributed by atoms with van der Waals surface area (Å²) in [5, 5.41) is 91.2. The monoisotopic (exact) mass is 1000 g/mol. The Kier molecular flexibility index (Phi) is 21.0. The molecule has 0 aromatic carbocycles. The SMILES string of the molecule is N#CC1=C(N2CCCC2)CC(OCCO)C/C1=C(/C#N)C(=O)OCC(COC(=O)/C(C#N)=C1\CC(OCCO)CC(N2CCCC2)=C1C#N)COC(=O)/C(C#N)=C1\CC(OCCO)CC(N2CCCC2)=C1C#N. The zero-order valence-electron chi connectivity index (χ0n) is 40.9. The number of hydrogen-bond donors (Lipinski definition) is 3. The van der Waals surface area contributed by atoms with Gasteiger partial charge in [-0.2, -0.15) is 31.6 Å². The van der Waals surface area contributed by atoms with E-state index in [4.69, 9.17) is 28.4 Å². The van der Waals surface area contributed by atoms with Crippen LogP contribution in [0.2, 0.25) is 0 Å². The number of rotatable bonds is 21. The Morgan fingerprint density at radius 3 is 0.932 bits per heavy atom. The smallest absolute Gasteiger partial charge is 0.349 e. The molecular formula is C52H61N9O12. The maximum absolute atomic E-state index is 14.0. The number of likely N-dealkylation sites (tertiary alicyclic amines) is 3. The summed E-state index contributed by atoms with van der Waals surface area (Å²) in [5.41, 5.74) is 0.962. The molecule has 6 aliphatic rings. The van der Waals surface area contributed by atoms with Gasteiger partial charge in [-0.25, -0.2) is 14.4 Å². The Morgan fingerprint density at radius 1 is 0.452 bits per heavy atom. The number of carbonyl (C=O) groups is 3. The van der Waals surface area contributed by atoms with Gasteiger partial charge in [-0.3, -0.25) is 0 Å². The Balaban J connectivity index is 1.32. The van der Waals surface area contributed by atoms with Crippen LogP contribution in [-0.4, -0.2) is 165 Å². The Bertz CT molecular complexity index is 2260. The van der Waals surface area contributed by atoms with Crippen LogP contribution in [0, 0.1) is 73.9 Å². The fourth-order valence-corrected chi connectivity index (χ4v) is 10.2. The maximum atomic E-state index is 14.0. The van der Waals surface area contributed by atoms with E-state index in [9.17, 15) is 61.3 Å². The second-order valence-electron chi connectivity index (χ2n) is 18.3. The summed E-state index contributed by atoms with van der Waals surface area (Å²) < 4.78 is 34.7. The number of aliphatic hydroxyl groups excluding tert-OH is 3. The van der Waals surface area contributed by atoms with Crippen molar-refractivity contribution in [1.29, 1.82) is 31.6 Å². The molecule has 0 spiro atoms. The number of ether oxygens (including phenoxy) is 6. The highest BCUT2D eigenvalue weighted by molar-refractivity contribution is 5.96. The first-order chi connectivity index (χ1) is 35.6. The van der Waals surface area contributed by atoms with E-state index in [1.807, 2.05) is 32.9 Å². The number of aliphatic hydroxyl groups is 3. The molecule has 3 aliphatic carbocycles. The van der Waals surface area contributed by atoms with Crippen LogP contribution in [0.3, 0.4) is 0 Å². The summed E-state index contributed by atoms with van der Waals surface area (Å²) >= 11 is 0. The van der Waals surface area contributed by atoms with Gasteiger partial charge in [0.05, 0.1) is 80.6 Å². The first kappa shape index (κ1) is 55.3. The number of nitriles is 6. The lowest BCUT2D eigenvalue weighted by Crippen LogP contribution is -2.32. The molecule has 3 atom stereocenters. The first-order valence-corrected chi connectivity index (χ1v) is 24.8. The molecular weight excluding hydrogens is 943 g/mol. The molecule has 0 bridgehead atoms. The van der Waals surface area contributed by atoms with Gasteiger partial charge in [-0.05, 0) is 55.2 Å². The molecule has 73 heavy (non-hydrogen) atoms. The van der Waals surface area contributed by atoms with Crippen molar-refractivity contribution in [2.75, 3.05) is 98.7 Å². The van der Waals surface area contributed by atoms with Gasteiger partial charge in [0, 0.05) is 94.9 Å². The second-order valence-corrected chi connectivity index (χ2v) is 18.3. The zero-order valence-corrected chi connectivity index (χ0v) is 40.9. The number of esters is 3.